The molecule has 3 aliphatic rings. The van der Waals surface area contributed by atoms with E-state index in [-0.39, 0.29) is 40.3 Å². The Morgan fingerprint density at radius 1 is 1.15 bits per heavy atom. The minimum atomic E-state index is -2.07. The Morgan fingerprint density at radius 2 is 1.83 bits per heavy atom. The summed E-state index contributed by atoms with van der Waals surface area (Å²) in [4.78, 5) is 53.0. The molecule has 2 aromatic carbocycles. The second-order valence-electron chi connectivity index (χ2n) is 12.5. The van der Waals surface area contributed by atoms with Gasteiger partial charge in [0, 0.05) is 36.0 Å². The second kappa shape index (κ2) is 12.4. The van der Waals surface area contributed by atoms with Crippen LogP contribution in [0.1, 0.15) is 96.0 Å². The van der Waals surface area contributed by atoms with Gasteiger partial charge in [0.15, 0.2) is 17.9 Å². The van der Waals surface area contributed by atoms with Crippen molar-refractivity contribution < 1.29 is 53.8 Å². The van der Waals surface area contributed by atoms with Gasteiger partial charge >= 0.3 is 0 Å². The Kier molecular flexibility index (Phi) is 9.01. The van der Waals surface area contributed by atoms with Crippen LogP contribution in [0, 0.1) is 5.92 Å². The van der Waals surface area contributed by atoms with Crippen LogP contribution >= 0.6 is 0 Å². The normalized spacial score (nSPS) is 28.4. The van der Waals surface area contributed by atoms with Crippen LogP contribution < -0.4 is 15.8 Å². The van der Waals surface area contributed by atoms with Crippen LogP contribution in [0.5, 0.6) is 17.2 Å². The highest BCUT2D eigenvalue weighted by Gasteiger charge is 2.49. The smallest absolute Gasteiger partial charge is 0.237 e. The van der Waals surface area contributed by atoms with Gasteiger partial charge in [-0.15, -0.1) is 0 Å². The summed E-state index contributed by atoms with van der Waals surface area (Å²) in [6.45, 7) is 6.48. The summed E-state index contributed by atoms with van der Waals surface area (Å²) in [5.41, 5.74) is 2.75. The summed E-state index contributed by atoms with van der Waals surface area (Å²) in [6.07, 6.45) is -4.71. The fourth-order valence-corrected chi connectivity index (χ4v) is 6.56. The molecule has 1 saturated heterocycles. The van der Waals surface area contributed by atoms with E-state index in [1.807, 2.05) is 13.8 Å². The van der Waals surface area contributed by atoms with Gasteiger partial charge < -0.3 is 45.7 Å². The summed E-state index contributed by atoms with van der Waals surface area (Å²) >= 11 is 0. The number of carbonyl (C=O) groups is 4. The summed E-state index contributed by atoms with van der Waals surface area (Å²) in [6, 6.07) is 2.73. The number of ketones is 3. The van der Waals surface area contributed by atoms with Crippen LogP contribution in [-0.2, 0) is 25.5 Å². The minimum absolute atomic E-state index is 0.0405. The molecule has 0 saturated carbocycles. The summed E-state index contributed by atoms with van der Waals surface area (Å²) in [5.74, 6) is -3.97. The highest BCUT2D eigenvalue weighted by molar-refractivity contribution is 6.31. The maximum atomic E-state index is 13.8. The van der Waals surface area contributed by atoms with Gasteiger partial charge in [-0.25, -0.2) is 0 Å². The number of phenols is 2. The van der Waals surface area contributed by atoms with E-state index in [9.17, 15) is 39.6 Å². The van der Waals surface area contributed by atoms with Crippen LogP contribution in [0.2, 0.25) is 0 Å². The molecule has 2 aliphatic carbocycles. The molecule has 8 atom stereocenters. The van der Waals surface area contributed by atoms with Crippen molar-refractivity contribution in [1.82, 2.24) is 5.32 Å². The first kappa shape index (κ1) is 33.5. The first-order chi connectivity index (χ1) is 21.6. The molecule has 46 heavy (non-hydrogen) atoms. The SMILES string of the molecule is CCC(C)C(N)C(=O)NC1CC(OC2CC(O)(C(C)=O)Cc3c(O)c4c(c(O)c32)C(=O)c2c(OC)cccc2C4=O)OC(C)C1O. The maximum Gasteiger partial charge on any atom is 0.237 e. The molecular weight excluding hydrogens is 600 g/mol. The molecule has 13 nitrogen and oxygen atoms in total. The number of aromatic hydroxyl groups is 2. The Hall–Kier alpha value is -3.88. The molecule has 0 radical (unpaired) electrons. The molecule has 0 bridgehead atoms. The maximum absolute atomic E-state index is 13.8. The number of nitrogens with one attached hydrogen (secondary N) is 1. The molecule has 7 N–H and O–H groups in total. The van der Waals surface area contributed by atoms with Crippen molar-refractivity contribution in [2.75, 3.05) is 7.11 Å². The van der Waals surface area contributed by atoms with Crippen LogP contribution in [-0.4, -0.2) is 87.0 Å². The molecule has 0 aromatic heterocycles. The molecule has 1 amide bonds. The molecule has 1 fully saturated rings. The third-order valence-corrected chi connectivity index (χ3v) is 9.64. The largest absolute Gasteiger partial charge is 0.507 e. The third kappa shape index (κ3) is 5.45. The number of hydrogen-bond donors (Lipinski definition) is 6. The number of aliphatic hydroxyl groups excluding tert-OH is 1. The monoisotopic (exact) mass is 640 g/mol. The van der Waals surface area contributed by atoms with Crippen LogP contribution in [0.15, 0.2) is 18.2 Å². The van der Waals surface area contributed by atoms with Gasteiger partial charge in [0.25, 0.3) is 0 Å². The fourth-order valence-electron chi connectivity index (χ4n) is 6.56. The molecule has 1 aliphatic heterocycles. The van der Waals surface area contributed by atoms with E-state index in [4.69, 9.17) is 19.9 Å². The van der Waals surface area contributed by atoms with E-state index in [1.165, 1.54) is 25.3 Å². The zero-order chi connectivity index (χ0) is 33.8. The average Bonchev–Trinajstić information content (AvgIpc) is 3.02. The fraction of sp³-hybridized carbons (Fsp3) is 0.515. The summed E-state index contributed by atoms with van der Waals surface area (Å²) in [7, 11) is 1.33. The number of benzene rings is 2. The number of methoxy groups -OCH3 is 1. The zero-order valence-corrected chi connectivity index (χ0v) is 26.3. The third-order valence-electron chi connectivity index (χ3n) is 9.64. The Balaban J connectivity index is 1.56. The minimum Gasteiger partial charge on any atom is -0.507 e. The van der Waals surface area contributed by atoms with E-state index in [0.717, 1.165) is 6.92 Å². The van der Waals surface area contributed by atoms with E-state index in [1.54, 1.807) is 6.92 Å². The van der Waals surface area contributed by atoms with Gasteiger partial charge in [-0.05, 0) is 25.8 Å². The molecule has 248 valence electrons. The van der Waals surface area contributed by atoms with Gasteiger partial charge in [-0.3, -0.25) is 19.2 Å². The molecule has 2 aromatic rings. The van der Waals surface area contributed by atoms with Gasteiger partial charge in [0.05, 0.1) is 48.1 Å². The number of rotatable bonds is 8. The first-order valence-corrected chi connectivity index (χ1v) is 15.3. The Bertz CT molecular complexity index is 1610. The highest BCUT2D eigenvalue weighted by Crippen LogP contribution is 2.52. The molecule has 13 heteroatoms. The molecule has 8 unspecified atom stereocenters. The number of aliphatic hydroxyl groups is 2. The number of carbonyl (C=O) groups excluding carboxylic acids is 4. The van der Waals surface area contributed by atoms with Crippen LogP contribution in [0.3, 0.4) is 0 Å². The number of amides is 1. The van der Waals surface area contributed by atoms with Crippen molar-refractivity contribution in [2.45, 2.75) is 95.7 Å². The van der Waals surface area contributed by atoms with Crippen LogP contribution in [0.4, 0.5) is 0 Å². The van der Waals surface area contributed by atoms with Crippen LogP contribution in [0.25, 0.3) is 0 Å². The molecule has 1 heterocycles. The van der Waals surface area contributed by atoms with E-state index >= 15 is 0 Å². The van der Waals surface area contributed by atoms with E-state index in [2.05, 4.69) is 5.32 Å². The number of phenolic OH excluding ortho intramolecular Hbond substituents is 2. The lowest BCUT2D eigenvalue weighted by Crippen LogP contribution is -2.58. The Morgan fingerprint density at radius 3 is 2.46 bits per heavy atom. The standard InChI is InChI=1S/C33H40N2O11/c1-6-13(2)26(34)32(42)35-18-10-21(45-14(3)27(18)37)46-20-12-33(43,15(4)36)11-17-23(20)31(41)25-24(29(17)39)28(38)16-8-7-9-19(44-5)22(16)30(25)40/h7-9,13-14,18,20-21,26-27,37,39,41,43H,6,10-12,34H2,1-5H3,(H,35,42). The Labute approximate surface area is 265 Å². The van der Waals surface area contributed by atoms with Crippen molar-refractivity contribution in [2.24, 2.45) is 11.7 Å². The van der Waals surface area contributed by atoms with Crippen molar-refractivity contribution in [3.8, 4) is 17.2 Å². The number of nitrogens with two attached hydrogens (primary N) is 1. The average molecular weight is 641 g/mol. The number of fused-ring (bicyclic) bond motifs is 3. The van der Waals surface area contributed by atoms with Crippen molar-refractivity contribution in [3.05, 3.63) is 51.6 Å². The lowest BCUT2D eigenvalue weighted by Gasteiger charge is -2.43. The number of hydrogen-bond acceptors (Lipinski definition) is 12. The second-order valence-corrected chi connectivity index (χ2v) is 12.5. The summed E-state index contributed by atoms with van der Waals surface area (Å²) in [5, 5.41) is 48.2. The van der Waals surface area contributed by atoms with Crippen molar-refractivity contribution >= 4 is 23.3 Å². The predicted octanol–water partition coefficient (Wildman–Crippen LogP) is 1.56. The molecule has 0 spiro atoms. The molecule has 5 rings (SSSR count). The van der Waals surface area contributed by atoms with E-state index < -0.39 is 101 Å². The van der Waals surface area contributed by atoms with Crippen molar-refractivity contribution in [3.63, 3.8) is 0 Å². The van der Waals surface area contributed by atoms with Crippen molar-refractivity contribution in [1.29, 1.82) is 0 Å². The number of Topliss-reactive ketones (excluding diaryl/α,β-unsaturated/α-hetero) is 1. The number of ether oxygens (including phenoxy) is 3. The quantitative estimate of drug-likeness (QED) is 0.194. The highest BCUT2D eigenvalue weighted by atomic mass is 16.7. The zero-order valence-electron chi connectivity index (χ0n) is 26.3. The summed E-state index contributed by atoms with van der Waals surface area (Å²) < 4.78 is 17.4. The topological polar surface area (TPSA) is 215 Å². The lowest BCUT2D eigenvalue weighted by atomic mass is 9.72. The first-order valence-electron chi connectivity index (χ1n) is 15.3. The van der Waals surface area contributed by atoms with Gasteiger partial charge in [-0.1, -0.05) is 32.4 Å². The van der Waals surface area contributed by atoms with Gasteiger partial charge in [0.1, 0.15) is 29.0 Å². The molecular formula is C33H40N2O11. The van der Waals surface area contributed by atoms with E-state index in [0.29, 0.717) is 6.42 Å². The lowest BCUT2D eigenvalue weighted by molar-refractivity contribution is -0.249. The predicted molar refractivity (Wildman–Crippen MR) is 162 cm³/mol. The van der Waals surface area contributed by atoms with Gasteiger partial charge in [0.2, 0.25) is 11.7 Å². The van der Waals surface area contributed by atoms with Gasteiger partial charge in [-0.2, -0.15) is 0 Å².